The van der Waals surface area contributed by atoms with E-state index in [1.807, 2.05) is 5.38 Å². The van der Waals surface area contributed by atoms with Crippen LogP contribution in [-0.4, -0.2) is 21.1 Å². The summed E-state index contributed by atoms with van der Waals surface area (Å²) in [5, 5.41) is 6.89. The second-order valence-corrected chi connectivity index (χ2v) is 4.31. The van der Waals surface area contributed by atoms with Crippen molar-refractivity contribution in [1.82, 2.24) is 14.8 Å². The monoisotopic (exact) mass is 271 g/mol. The second kappa shape index (κ2) is 3.62. The largest absolute Gasteiger partial charge is 0.296 e. The summed E-state index contributed by atoms with van der Waals surface area (Å²) in [6.45, 7) is 0. The highest BCUT2D eigenvalue weighted by atomic mass is 79.9. The molecule has 0 N–H and O–H groups in total. The van der Waals surface area contributed by atoms with Crippen molar-refractivity contribution in [3.8, 4) is 10.7 Å². The van der Waals surface area contributed by atoms with Gasteiger partial charge >= 0.3 is 0 Å². The molecule has 0 spiro atoms. The molecular formula is C8H6BrN3OS. The summed E-state index contributed by atoms with van der Waals surface area (Å²) >= 11 is 4.83. The molecule has 4 nitrogen and oxygen atoms in total. The maximum absolute atomic E-state index is 10.7. The van der Waals surface area contributed by atoms with Crippen LogP contribution in [0.15, 0.2) is 16.0 Å². The van der Waals surface area contributed by atoms with E-state index in [-0.39, 0.29) is 0 Å². The van der Waals surface area contributed by atoms with E-state index < -0.39 is 0 Å². The average molecular weight is 272 g/mol. The van der Waals surface area contributed by atoms with Crippen LogP contribution in [0.25, 0.3) is 10.7 Å². The van der Waals surface area contributed by atoms with Crippen LogP contribution in [0.3, 0.4) is 0 Å². The molecular weight excluding hydrogens is 266 g/mol. The molecule has 0 aliphatic heterocycles. The first kappa shape index (κ1) is 9.54. The van der Waals surface area contributed by atoms with E-state index in [1.165, 1.54) is 16.0 Å². The Balaban J connectivity index is 2.61. The van der Waals surface area contributed by atoms with Crippen molar-refractivity contribution in [3.63, 3.8) is 0 Å². The van der Waals surface area contributed by atoms with Gasteiger partial charge in [-0.05, 0) is 15.9 Å². The first-order chi connectivity index (χ1) is 6.74. The molecule has 0 aliphatic rings. The molecule has 0 fully saturated rings. The van der Waals surface area contributed by atoms with Gasteiger partial charge in [0, 0.05) is 18.6 Å². The normalized spacial score (nSPS) is 10.4. The fourth-order valence-electron chi connectivity index (χ4n) is 1.12. The number of aromatic nitrogens is 3. The Morgan fingerprint density at radius 1 is 1.64 bits per heavy atom. The molecule has 0 saturated carbocycles. The van der Waals surface area contributed by atoms with Crippen molar-refractivity contribution in [2.24, 2.45) is 7.05 Å². The molecule has 2 heterocycles. The van der Waals surface area contributed by atoms with E-state index in [0.717, 1.165) is 11.3 Å². The molecule has 0 amide bonds. The zero-order valence-corrected chi connectivity index (χ0v) is 9.67. The predicted molar refractivity (Wildman–Crippen MR) is 57.4 cm³/mol. The smallest absolute Gasteiger partial charge is 0.169 e. The van der Waals surface area contributed by atoms with Crippen LogP contribution in [0, 0.1) is 0 Å². The summed E-state index contributed by atoms with van der Waals surface area (Å²) < 4.78 is 2.23. The molecule has 0 unspecified atom stereocenters. The summed E-state index contributed by atoms with van der Waals surface area (Å²) in [6, 6.07) is 0. The van der Waals surface area contributed by atoms with Crippen LogP contribution in [-0.2, 0) is 7.05 Å². The van der Waals surface area contributed by atoms with Crippen molar-refractivity contribution in [2.75, 3.05) is 0 Å². The van der Waals surface area contributed by atoms with E-state index in [4.69, 9.17) is 0 Å². The Bertz CT molecular complexity index is 463. The highest BCUT2D eigenvalue weighted by molar-refractivity contribution is 9.10. The lowest BCUT2D eigenvalue weighted by molar-refractivity contribution is 0.111. The van der Waals surface area contributed by atoms with Crippen LogP contribution in [0.5, 0.6) is 0 Å². The number of rotatable bonds is 2. The predicted octanol–water partition coefficient (Wildman–Crippen LogP) is 2.12. The van der Waals surface area contributed by atoms with Crippen LogP contribution in [0.4, 0.5) is 0 Å². The van der Waals surface area contributed by atoms with E-state index in [9.17, 15) is 4.79 Å². The summed E-state index contributed by atoms with van der Waals surface area (Å²) in [5.41, 5.74) is 1.24. The Morgan fingerprint density at radius 2 is 2.43 bits per heavy atom. The third-order valence-corrected chi connectivity index (χ3v) is 3.34. The van der Waals surface area contributed by atoms with Crippen LogP contribution >= 0.6 is 27.3 Å². The lowest BCUT2D eigenvalue weighted by Crippen LogP contribution is -1.95. The molecule has 72 valence electrons. The molecule has 2 aromatic heterocycles. The lowest BCUT2D eigenvalue weighted by atomic mass is 10.4. The van der Waals surface area contributed by atoms with Crippen molar-refractivity contribution in [1.29, 1.82) is 0 Å². The third kappa shape index (κ3) is 1.40. The van der Waals surface area contributed by atoms with Gasteiger partial charge in [-0.1, -0.05) is 0 Å². The van der Waals surface area contributed by atoms with Gasteiger partial charge in [-0.25, -0.2) is 4.98 Å². The first-order valence-electron chi connectivity index (χ1n) is 3.81. The molecule has 0 bridgehead atoms. The minimum absolute atomic E-state index is 0.523. The minimum atomic E-state index is 0.523. The summed E-state index contributed by atoms with van der Waals surface area (Å²) in [6.07, 6.45) is 2.48. The van der Waals surface area contributed by atoms with Crippen LogP contribution < -0.4 is 0 Å². The number of thiazole rings is 1. The number of hydrogen-bond donors (Lipinski definition) is 0. The van der Waals surface area contributed by atoms with E-state index in [2.05, 4.69) is 26.0 Å². The summed E-state index contributed by atoms with van der Waals surface area (Å²) in [5.74, 6) is 0. The molecule has 0 saturated heterocycles. The van der Waals surface area contributed by atoms with Gasteiger partial charge < -0.3 is 0 Å². The van der Waals surface area contributed by atoms with Gasteiger partial charge in [-0.3, -0.25) is 9.48 Å². The fourth-order valence-corrected chi connectivity index (χ4v) is 2.49. The molecule has 0 atom stereocenters. The minimum Gasteiger partial charge on any atom is -0.296 e. The Kier molecular flexibility index (Phi) is 2.47. The Hall–Kier alpha value is -1.01. The fraction of sp³-hybridized carbons (Fsp3) is 0.125. The number of nitrogens with zero attached hydrogens (tertiary/aromatic N) is 3. The van der Waals surface area contributed by atoms with Gasteiger partial charge in [-0.15, -0.1) is 11.3 Å². The van der Waals surface area contributed by atoms with Crippen molar-refractivity contribution in [3.05, 3.63) is 21.7 Å². The SMILES string of the molecule is Cn1nc(-c2nccs2)c(Br)c1C=O. The highest BCUT2D eigenvalue weighted by Gasteiger charge is 2.16. The zero-order chi connectivity index (χ0) is 10.1. The zero-order valence-electron chi connectivity index (χ0n) is 7.27. The average Bonchev–Trinajstić information content (AvgIpc) is 2.74. The van der Waals surface area contributed by atoms with E-state index in [0.29, 0.717) is 15.9 Å². The van der Waals surface area contributed by atoms with E-state index >= 15 is 0 Å². The number of aryl methyl sites for hydroxylation is 1. The molecule has 6 heteroatoms. The van der Waals surface area contributed by atoms with Crippen LogP contribution in [0.1, 0.15) is 10.5 Å². The number of hydrogen-bond acceptors (Lipinski definition) is 4. The maximum atomic E-state index is 10.7. The first-order valence-corrected chi connectivity index (χ1v) is 5.49. The maximum Gasteiger partial charge on any atom is 0.169 e. The third-order valence-electron chi connectivity index (χ3n) is 1.78. The van der Waals surface area contributed by atoms with Crippen LogP contribution in [0.2, 0.25) is 0 Å². The number of aldehydes is 1. The lowest BCUT2D eigenvalue weighted by Gasteiger charge is -1.88. The number of carbonyl (C=O) groups is 1. The topological polar surface area (TPSA) is 47.8 Å². The van der Waals surface area contributed by atoms with Gasteiger partial charge in [0.25, 0.3) is 0 Å². The second-order valence-electron chi connectivity index (χ2n) is 2.63. The molecule has 0 aromatic carbocycles. The number of carbonyl (C=O) groups excluding carboxylic acids is 1. The molecule has 0 radical (unpaired) electrons. The summed E-state index contributed by atoms with van der Waals surface area (Å²) in [4.78, 5) is 14.9. The molecule has 14 heavy (non-hydrogen) atoms. The molecule has 0 aliphatic carbocycles. The van der Waals surface area contributed by atoms with Crippen molar-refractivity contribution < 1.29 is 4.79 Å². The standard InChI is InChI=1S/C8H6BrN3OS/c1-12-5(4-13)6(9)7(11-12)8-10-2-3-14-8/h2-4H,1H3. The van der Waals surface area contributed by atoms with Gasteiger partial charge in [0.05, 0.1) is 4.47 Å². The summed E-state index contributed by atoms with van der Waals surface area (Å²) in [7, 11) is 1.73. The Labute approximate surface area is 92.7 Å². The molecule has 2 aromatic rings. The van der Waals surface area contributed by atoms with E-state index in [1.54, 1.807) is 13.2 Å². The highest BCUT2D eigenvalue weighted by Crippen LogP contribution is 2.30. The van der Waals surface area contributed by atoms with Gasteiger partial charge in [0.2, 0.25) is 0 Å². The van der Waals surface area contributed by atoms with Gasteiger partial charge in [0.1, 0.15) is 16.4 Å². The van der Waals surface area contributed by atoms with Gasteiger partial charge in [0.15, 0.2) is 6.29 Å². The quantitative estimate of drug-likeness (QED) is 0.787. The molecule has 2 rings (SSSR count). The van der Waals surface area contributed by atoms with Gasteiger partial charge in [-0.2, -0.15) is 5.10 Å². The Morgan fingerprint density at radius 3 is 2.93 bits per heavy atom. The van der Waals surface area contributed by atoms with Crippen molar-refractivity contribution >= 4 is 33.6 Å². The number of halogens is 1. The van der Waals surface area contributed by atoms with Crippen molar-refractivity contribution in [2.45, 2.75) is 0 Å².